The topological polar surface area (TPSA) is 15.7 Å². The molecule has 106 valence electrons. The first-order valence-electron chi connectivity index (χ1n) is 6.71. The molecule has 0 N–H and O–H groups in total. The molecule has 0 aliphatic carbocycles. The van der Waals surface area contributed by atoms with Gasteiger partial charge in [0.05, 0.1) is 0 Å². The van der Waals surface area contributed by atoms with E-state index in [-0.39, 0.29) is 5.82 Å². The number of halogens is 2. The summed E-state index contributed by atoms with van der Waals surface area (Å²) in [4.78, 5) is 4.80. The number of nitrogens with zero attached hydrogens (tertiary/aromatic N) is 2. The minimum atomic E-state index is -0.315. The lowest BCUT2D eigenvalue weighted by atomic mass is 10.3. The normalized spacial score (nSPS) is 17.6. The summed E-state index contributed by atoms with van der Waals surface area (Å²) in [6, 6.07) is 4.88. The van der Waals surface area contributed by atoms with Crippen molar-refractivity contribution in [3.8, 4) is 5.75 Å². The third-order valence-corrected chi connectivity index (χ3v) is 3.96. The van der Waals surface area contributed by atoms with Gasteiger partial charge in [-0.15, -0.1) is 0 Å². The Morgan fingerprint density at radius 3 is 2.53 bits per heavy atom. The summed E-state index contributed by atoms with van der Waals surface area (Å²) in [5, 5.41) is 0. The second-order valence-corrected chi connectivity index (χ2v) is 5.61. The van der Waals surface area contributed by atoms with Crippen LogP contribution in [0.2, 0.25) is 0 Å². The predicted octanol–water partition coefficient (Wildman–Crippen LogP) is 2.60. The average Bonchev–Trinajstić information content (AvgIpc) is 2.42. The quantitative estimate of drug-likeness (QED) is 0.825. The van der Waals surface area contributed by atoms with Crippen LogP contribution in [-0.2, 0) is 0 Å². The van der Waals surface area contributed by atoms with Crippen molar-refractivity contribution in [2.45, 2.75) is 6.92 Å². The van der Waals surface area contributed by atoms with Gasteiger partial charge >= 0.3 is 0 Å². The smallest absolute Gasteiger partial charge is 0.166 e. The van der Waals surface area contributed by atoms with E-state index in [0.717, 1.165) is 43.7 Å². The summed E-state index contributed by atoms with van der Waals surface area (Å²) >= 11 is 3.23. The van der Waals surface area contributed by atoms with E-state index in [2.05, 4.69) is 32.7 Å². The van der Waals surface area contributed by atoms with Crippen LogP contribution in [0.5, 0.6) is 5.75 Å². The van der Waals surface area contributed by atoms with Crippen molar-refractivity contribution in [1.29, 1.82) is 0 Å². The van der Waals surface area contributed by atoms with Gasteiger partial charge in [-0.05, 0) is 24.7 Å². The molecule has 0 bridgehead atoms. The van der Waals surface area contributed by atoms with Crippen molar-refractivity contribution < 1.29 is 9.13 Å². The van der Waals surface area contributed by atoms with Crippen molar-refractivity contribution in [3.63, 3.8) is 0 Å². The van der Waals surface area contributed by atoms with E-state index in [9.17, 15) is 4.39 Å². The van der Waals surface area contributed by atoms with Gasteiger partial charge in [-0.2, -0.15) is 0 Å². The fourth-order valence-electron chi connectivity index (χ4n) is 2.21. The first kappa shape index (κ1) is 14.8. The van der Waals surface area contributed by atoms with E-state index in [1.807, 2.05) is 0 Å². The molecule has 1 aromatic rings. The molecule has 0 unspecified atom stereocenters. The zero-order chi connectivity index (χ0) is 13.7. The molecule has 19 heavy (non-hydrogen) atoms. The zero-order valence-electron chi connectivity index (χ0n) is 11.2. The Bertz CT molecular complexity index is 408. The monoisotopic (exact) mass is 330 g/mol. The van der Waals surface area contributed by atoms with Crippen LogP contribution < -0.4 is 4.74 Å². The molecular weight excluding hydrogens is 311 g/mol. The van der Waals surface area contributed by atoms with Gasteiger partial charge in [-0.3, -0.25) is 4.90 Å². The van der Waals surface area contributed by atoms with Crippen LogP contribution in [-0.4, -0.2) is 55.7 Å². The van der Waals surface area contributed by atoms with Crippen LogP contribution >= 0.6 is 15.9 Å². The summed E-state index contributed by atoms with van der Waals surface area (Å²) in [7, 11) is 0. The maximum absolute atomic E-state index is 13.5. The largest absolute Gasteiger partial charge is 0.489 e. The molecule has 0 amide bonds. The van der Waals surface area contributed by atoms with Gasteiger partial charge in [-0.1, -0.05) is 22.9 Å². The van der Waals surface area contributed by atoms with Crippen molar-refractivity contribution in [3.05, 3.63) is 28.5 Å². The van der Waals surface area contributed by atoms with Gasteiger partial charge in [0.25, 0.3) is 0 Å². The molecule has 1 aliphatic rings. The molecule has 0 saturated carbocycles. The molecule has 1 aromatic carbocycles. The predicted molar refractivity (Wildman–Crippen MR) is 78.1 cm³/mol. The number of likely N-dealkylation sites (N-methyl/N-ethyl adjacent to an activating group) is 1. The van der Waals surface area contributed by atoms with E-state index < -0.39 is 0 Å². The summed E-state index contributed by atoms with van der Waals surface area (Å²) in [6.07, 6.45) is 0. The second kappa shape index (κ2) is 7.22. The van der Waals surface area contributed by atoms with E-state index in [1.54, 1.807) is 12.1 Å². The number of piperazine rings is 1. The Kier molecular flexibility index (Phi) is 5.60. The Balaban J connectivity index is 1.72. The van der Waals surface area contributed by atoms with E-state index in [0.29, 0.717) is 12.4 Å². The molecular formula is C14H20BrFN2O. The Labute approximate surface area is 122 Å². The molecule has 0 atom stereocenters. The maximum atomic E-state index is 13.5. The Morgan fingerprint density at radius 1 is 1.21 bits per heavy atom. The van der Waals surface area contributed by atoms with Crippen molar-refractivity contribution >= 4 is 15.9 Å². The van der Waals surface area contributed by atoms with Gasteiger partial charge in [0.2, 0.25) is 0 Å². The van der Waals surface area contributed by atoms with Crippen LogP contribution in [0.25, 0.3) is 0 Å². The minimum absolute atomic E-state index is 0.315. The van der Waals surface area contributed by atoms with E-state index >= 15 is 0 Å². The lowest BCUT2D eigenvalue weighted by Gasteiger charge is -2.33. The lowest BCUT2D eigenvalue weighted by Crippen LogP contribution is -2.47. The molecule has 1 saturated heterocycles. The van der Waals surface area contributed by atoms with Gasteiger partial charge in [0.1, 0.15) is 6.61 Å². The highest BCUT2D eigenvalue weighted by Gasteiger charge is 2.15. The van der Waals surface area contributed by atoms with Gasteiger partial charge < -0.3 is 9.64 Å². The fourth-order valence-corrected chi connectivity index (χ4v) is 2.54. The third kappa shape index (κ3) is 4.44. The van der Waals surface area contributed by atoms with Crippen molar-refractivity contribution in [2.75, 3.05) is 45.9 Å². The Morgan fingerprint density at radius 2 is 1.89 bits per heavy atom. The number of hydrogen-bond donors (Lipinski definition) is 0. The third-order valence-electron chi connectivity index (χ3n) is 3.47. The number of ether oxygens (including phenoxy) is 1. The Hall–Kier alpha value is -0.650. The summed E-state index contributed by atoms with van der Waals surface area (Å²) in [5.74, 6) is 0.0144. The van der Waals surface area contributed by atoms with Crippen LogP contribution in [0, 0.1) is 5.82 Å². The highest BCUT2D eigenvalue weighted by molar-refractivity contribution is 9.10. The summed E-state index contributed by atoms with van der Waals surface area (Å²) in [6.45, 7) is 9.06. The number of hydrogen-bond acceptors (Lipinski definition) is 3. The summed E-state index contributed by atoms with van der Waals surface area (Å²) < 4.78 is 19.8. The lowest BCUT2D eigenvalue weighted by molar-refractivity contribution is 0.120. The first-order valence-corrected chi connectivity index (χ1v) is 7.51. The van der Waals surface area contributed by atoms with Gasteiger partial charge in [0.15, 0.2) is 11.6 Å². The first-order chi connectivity index (χ1) is 9.19. The zero-order valence-corrected chi connectivity index (χ0v) is 12.8. The molecule has 1 fully saturated rings. The van der Waals surface area contributed by atoms with Crippen molar-refractivity contribution in [1.82, 2.24) is 9.80 Å². The minimum Gasteiger partial charge on any atom is -0.489 e. The van der Waals surface area contributed by atoms with Crippen LogP contribution in [0.4, 0.5) is 4.39 Å². The maximum Gasteiger partial charge on any atom is 0.166 e. The van der Waals surface area contributed by atoms with Crippen LogP contribution in [0.15, 0.2) is 22.7 Å². The number of rotatable bonds is 5. The molecule has 0 spiro atoms. The highest BCUT2D eigenvalue weighted by atomic mass is 79.9. The molecule has 1 heterocycles. The molecule has 1 aliphatic heterocycles. The molecule has 2 rings (SSSR count). The van der Waals surface area contributed by atoms with Crippen LogP contribution in [0.3, 0.4) is 0 Å². The van der Waals surface area contributed by atoms with E-state index in [1.165, 1.54) is 6.07 Å². The molecule has 3 nitrogen and oxygen atoms in total. The average molecular weight is 331 g/mol. The number of benzene rings is 1. The summed E-state index contributed by atoms with van der Waals surface area (Å²) in [5.41, 5.74) is 0. The fraction of sp³-hybridized carbons (Fsp3) is 0.571. The second-order valence-electron chi connectivity index (χ2n) is 4.70. The standard InChI is InChI=1S/C14H20BrFN2O/c1-2-17-5-7-18(8-6-17)9-10-19-14-4-3-12(15)11-13(14)16/h3-4,11H,2,5-10H2,1H3. The highest BCUT2D eigenvalue weighted by Crippen LogP contribution is 2.21. The van der Waals surface area contributed by atoms with Crippen LogP contribution in [0.1, 0.15) is 6.92 Å². The van der Waals surface area contributed by atoms with E-state index in [4.69, 9.17) is 4.74 Å². The van der Waals surface area contributed by atoms with Gasteiger partial charge in [0, 0.05) is 37.2 Å². The van der Waals surface area contributed by atoms with Crippen molar-refractivity contribution in [2.24, 2.45) is 0 Å². The molecule has 0 aromatic heterocycles. The molecule has 5 heteroatoms. The SMILES string of the molecule is CCN1CCN(CCOc2ccc(Br)cc2F)CC1. The van der Waals surface area contributed by atoms with Gasteiger partial charge in [-0.25, -0.2) is 4.39 Å². The molecule has 0 radical (unpaired) electrons.